The molecule has 1 aliphatic rings. The number of nitrogens with one attached hydrogen (secondary N) is 1. The summed E-state index contributed by atoms with van der Waals surface area (Å²) >= 11 is 1.20. The smallest absolute Gasteiger partial charge is 0.225 e. The molecule has 6 heteroatoms. The Labute approximate surface area is 119 Å². The van der Waals surface area contributed by atoms with Gasteiger partial charge in [0.25, 0.3) is 0 Å². The van der Waals surface area contributed by atoms with Crippen LogP contribution >= 0.6 is 11.7 Å². The molecule has 4 rings (SSSR count). The van der Waals surface area contributed by atoms with Gasteiger partial charge in [-0.2, -0.15) is 8.75 Å². The largest absolute Gasteiger partial charge is 0.326 e. The van der Waals surface area contributed by atoms with Gasteiger partial charge in [0.15, 0.2) is 0 Å². The molecule has 0 aliphatic carbocycles. The number of nitrogens with zero attached hydrogens (tertiary/aromatic N) is 3. The van der Waals surface area contributed by atoms with Gasteiger partial charge >= 0.3 is 0 Å². The molecule has 0 saturated carbocycles. The van der Waals surface area contributed by atoms with E-state index in [1.54, 1.807) is 6.20 Å². The van der Waals surface area contributed by atoms with Crippen molar-refractivity contribution >= 4 is 34.4 Å². The van der Waals surface area contributed by atoms with Crippen molar-refractivity contribution in [1.82, 2.24) is 13.7 Å². The molecule has 20 heavy (non-hydrogen) atoms. The number of fused-ring (bicyclic) bond motifs is 3. The molecule has 3 aromatic rings. The molecule has 98 valence electrons. The number of rotatable bonds is 1. The second kappa shape index (κ2) is 4.35. The van der Waals surface area contributed by atoms with Crippen molar-refractivity contribution in [2.24, 2.45) is 0 Å². The lowest BCUT2D eigenvalue weighted by Gasteiger charge is -2.25. The zero-order valence-electron chi connectivity index (χ0n) is 10.4. The quantitative estimate of drug-likeness (QED) is 0.745. The molecule has 1 atom stereocenters. The summed E-state index contributed by atoms with van der Waals surface area (Å²) in [6.45, 7) is 0. The molecule has 0 saturated heterocycles. The number of hydrogen-bond donors (Lipinski definition) is 1. The van der Waals surface area contributed by atoms with Crippen molar-refractivity contribution in [2.45, 2.75) is 12.3 Å². The molecule has 1 N–H and O–H groups in total. The van der Waals surface area contributed by atoms with Crippen LogP contribution in [0, 0.1) is 0 Å². The normalized spacial score (nSPS) is 17.8. The molecule has 0 spiro atoms. The van der Waals surface area contributed by atoms with E-state index in [-0.39, 0.29) is 11.8 Å². The molecule has 0 unspecified atom stereocenters. The minimum Gasteiger partial charge on any atom is -0.326 e. The summed E-state index contributed by atoms with van der Waals surface area (Å²) in [6.07, 6.45) is 3.96. The number of carbonyl (C=O) groups excluding carboxylic acids is 1. The lowest BCUT2D eigenvalue weighted by Crippen LogP contribution is -2.23. The topological polar surface area (TPSA) is 67.8 Å². The van der Waals surface area contributed by atoms with Crippen LogP contribution in [0.25, 0.3) is 11.0 Å². The van der Waals surface area contributed by atoms with Gasteiger partial charge in [-0.25, -0.2) is 0 Å². The molecule has 2 aromatic heterocycles. The lowest BCUT2D eigenvalue weighted by molar-refractivity contribution is -0.116. The van der Waals surface area contributed by atoms with Crippen molar-refractivity contribution < 1.29 is 4.79 Å². The van der Waals surface area contributed by atoms with E-state index in [4.69, 9.17) is 0 Å². The first-order chi connectivity index (χ1) is 9.83. The van der Waals surface area contributed by atoms with Crippen LogP contribution in [0.1, 0.15) is 23.5 Å². The Morgan fingerprint density at radius 1 is 1.25 bits per heavy atom. The predicted octanol–water partition coefficient (Wildman–Crippen LogP) is 2.56. The van der Waals surface area contributed by atoms with Crippen LogP contribution < -0.4 is 5.32 Å². The lowest BCUT2D eigenvalue weighted by atomic mass is 9.85. The van der Waals surface area contributed by atoms with Gasteiger partial charge in [0, 0.05) is 36.0 Å². The van der Waals surface area contributed by atoms with E-state index >= 15 is 0 Å². The van der Waals surface area contributed by atoms with Gasteiger partial charge < -0.3 is 5.32 Å². The van der Waals surface area contributed by atoms with Gasteiger partial charge in [-0.05, 0) is 23.8 Å². The Hall–Kier alpha value is -2.34. The summed E-state index contributed by atoms with van der Waals surface area (Å²) in [5.74, 6) is 0.00828. The van der Waals surface area contributed by atoms with Gasteiger partial charge in [-0.3, -0.25) is 9.78 Å². The highest BCUT2D eigenvalue weighted by Crippen LogP contribution is 2.40. The van der Waals surface area contributed by atoms with E-state index in [0.717, 1.165) is 27.8 Å². The zero-order valence-corrected chi connectivity index (χ0v) is 11.2. The average Bonchev–Trinajstić information content (AvgIpc) is 2.95. The number of carbonyl (C=O) groups is 1. The minimum atomic E-state index is -0.0138. The molecule has 0 bridgehead atoms. The van der Waals surface area contributed by atoms with Crippen molar-refractivity contribution in [3.05, 3.63) is 47.8 Å². The summed E-state index contributed by atoms with van der Waals surface area (Å²) < 4.78 is 8.67. The van der Waals surface area contributed by atoms with Crippen molar-refractivity contribution in [2.75, 3.05) is 5.32 Å². The fourth-order valence-corrected chi connectivity index (χ4v) is 3.24. The average molecular weight is 282 g/mol. The highest BCUT2D eigenvalue weighted by Gasteiger charge is 2.29. The van der Waals surface area contributed by atoms with Gasteiger partial charge in [0.2, 0.25) is 5.91 Å². The third kappa shape index (κ3) is 1.69. The maximum absolute atomic E-state index is 11.9. The van der Waals surface area contributed by atoms with Crippen LogP contribution in [0.2, 0.25) is 0 Å². The second-order valence-corrected chi connectivity index (χ2v) is 5.28. The molecular weight excluding hydrogens is 272 g/mol. The fourth-order valence-electron chi connectivity index (χ4n) is 2.69. The van der Waals surface area contributed by atoms with Crippen molar-refractivity contribution in [3.63, 3.8) is 0 Å². The highest BCUT2D eigenvalue weighted by atomic mass is 32.1. The second-order valence-electron chi connectivity index (χ2n) is 4.75. The maximum Gasteiger partial charge on any atom is 0.225 e. The molecule has 5 nitrogen and oxygen atoms in total. The number of amides is 1. The van der Waals surface area contributed by atoms with E-state index in [2.05, 4.69) is 19.0 Å². The monoisotopic (exact) mass is 282 g/mol. The first-order valence-corrected chi connectivity index (χ1v) is 7.01. The maximum atomic E-state index is 11.9. The van der Waals surface area contributed by atoms with Gasteiger partial charge in [0.1, 0.15) is 11.0 Å². The molecule has 1 amide bonds. The number of pyridine rings is 1. The van der Waals surface area contributed by atoms with Gasteiger partial charge in [-0.1, -0.05) is 6.07 Å². The molecular formula is C14H10N4OS. The molecule has 3 heterocycles. The van der Waals surface area contributed by atoms with E-state index in [9.17, 15) is 4.79 Å². The first kappa shape index (κ1) is 11.5. The fraction of sp³-hybridized carbons (Fsp3) is 0.143. The number of benzene rings is 1. The molecule has 0 radical (unpaired) electrons. The van der Waals surface area contributed by atoms with Gasteiger partial charge in [0.05, 0.1) is 11.7 Å². The standard InChI is InChI=1S/C14H10N4OS/c19-12-6-9(8-2-1-5-15-7-8)13-10(16-12)3-4-11-14(13)18-20-17-11/h1-5,7,9H,6H2,(H,16,19)/t9-/m0/s1. The van der Waals surface area contributed by atoms with Crippen molar-refractivity contribution in [1.29, 1.82) is 0 Å². The van der Waals surface area contributed by atoms with E-state index < -0.39 is 0 Å². The van der Waals surface area contributed by atoms with E-state index in [1.807, 2.05) is 30.5 Å². The Morgan fingerprint density at radius 3 is 3.05 bits per heavy atom. The Bertz CT molecular complexity index is 799. The molecule has 1 aromatic carbocycles. The van der Waals surface area contributed by atoms with Crippen LogP contribution in [0.4, 0.5) is 5.69 Å². The van der Waals surface area contributed by atoms with Crippen LogP contribution in [-0.2, 0) is 4.79 Å². The van der Waals surface area contributed by atoms with Crippen LogP contribution in [0.15, 0.2) is 36.7 Å². The minimum absolute atomic E-state index is 0.0138. The van der Waals surface area contributed by atoms with Crippen LogP contribution in [0.3, 0.4) is 0 Å². The summed E-state index contributed by atoms with van der Waals surface area (Å²) in [5, 5.41) is 2.92. The third-order valence-electron chi connectivity index (χ3n) is 3.57. The highest BCUT2D eigenvalue weighted by molar-refractivity contribution is 7.00. The van der Waals surface area contributed by atoms with Crippen molar-refractivity contribution in [3.8, 4) is 0 Å². The molecule has 0 fully saturated rings. The number of anilines is 1. The Morgan fingerprint density at radius 2 is 2.20 bits per heavy atom. The Balaban J connectivity index is 1.99. The Kier molecular flexibility index (Phi) is 2.50. The number of hydrogen-bond acceptors (Lipinski definition) is 5. The summed E-state index contributed by atoms with van der Waals surface area (Å²) in [7, 11) is 0. The molecule has 1 aliphatic heterocycles. The number of aromatic nitrogens is 3. The predicted molar refractivity (Wildman–Crippen MR) is 76.7 cm³/mol. The van der Waals surface area contributed by atoms with Crippen LogP contribution in [0.5, 0.6) is 0 Å². The SMILES string of the molecule is O=C1C[C@@H](c2cccnc2)c2c(ccc3nsnc23)N1. The van der Waals surface area contributed by atoms with Gasteiger partial charge in [-0.15, -0.1) is 0 Å². The van der Waals surface area contributed by atoms with E-state index in [0.29, 0.717) is 6.42 Å². The zero-order chi connectivity index (χ0) is 13.5. The first-order valence-electron chi connectivity index (χ1n) is 6.28. The van der Waals surface area contributed by atoms with E-state index in [1.165, 1.54) is 11.7 Å². The summed E-state index contributed by atoms with van der Waals surface area (Å²) in [5.41, 5.74) is 4.66. The summed E-state index contributed by atoms with van der Waals surface area (Å²) in [4.78, 5) is 16.1. The summed E-state index contributed by atoms with van der Waals surface area (Å²) in [6, 6.07) is 7.68. The van der Waals surface area contributed by atoms with Crippen LogP contribution in [-0.4, -0.2) is 19.6 Å². The third-order valence-corrected chi connectivity index (χ3v) is 4.11.